The minimum atomic E-state index is -0.188. The van der Waals surface area contributed by atoms with E-state index in [1.54, 1.807) is 15.9 Å². The van der Waals surface area contributed by atoms with Crippen LogP contribution >= 0.6 is 11.6 Å². The van der Waals surface area contributed by atoms with Crippen LogP contribution in [0.3, 0.4) is 0 Å². The highest BCUT2D eigenvalue weighted by atomic mass is 35.5. The largest absolute Gasteiger partial charge is 0.482 e. The molecular weight excluding hydrogens is 432 g/mol. The van der Waals surface area contributed by atoms with E-state index in [-0.39, 0.29) is 30.7 Å². The molecule has 2 amide bonds. The molecule has 8 nitrogen and oxygen atoms in total. The fourth-order valence-electron chi connectivity index (χ4n) is 3.95. The third-order valence-electron chi connectivity index (χ3n) is 5.61. The Kier molecular flexibility index (Phi) is 5.45. The molecule has 32 heavy (non-hydrogen) atoms. The molecule has 1 saturated heterocycles. The van der Waals surface area contributed by atoms with Gasteiger partial charge in [0.1, 0.15) is 18.6 Å². The highest BCUT2D eigenvalue weighted by Crippen LogP contribution is 2.32. The number of benzene rings is 2. The van der Waals surface area contributed by atoms with Gasteiger partial charge in [0.05, 0.1) is 5.69 Å². The molecule has 0 unspecified atom stereocenters. The molecule has 3 aromatic rings. The summed E-state index contributed by atoms with van der Waals surface area (Å²) in [5.74, 6) is 0.565. The number of rotatable bonds is 4. The zero-order chi connectivity index (χ0) is 22.1. The lowest BCUT2D eigenvalue weighted by Gasteiger charge is -2.35. The van der Waals surface area contributed by atoms with E-state index in [2.05, 4.69) is 9.88 Å². The van der Waals surface area contributed by atoms with Gasteiger partial charge in [-0.1, -0.05) is 29.8 Å². The Hall–Kier alpha value is -3.52. The lowest BCUT2D eigenvalue weighted by molar-refractivity contribution is -0.121. The maximum absolute atomic E-state index is 12.9. The third-order valence-corrected chi connectivity index (χ3v) is 5.85. The molecule has 0 saturated carbocycles. The van der Waals surface area contributed by atoms with Crippen LogP contribution in [0.5, 0.6) is 5.75 Å². The molecule has 2 aliphatic rings. The lowest BCUT2D eigenvalue weighted by atomic mass is 10.2. The molecule has 3 heterocycles. The van der Waals surface area contributed by atoms with E-state index in [1.165, 1.54) is 6.26 Å². The van der Waals surface area contributed by atoms with E-state index < -0.39 is 0 Å². The number of carbonyl (C=O) groups is 2. The Morgan fingerprint density at radius 3 is 2.69 bits per heavy atom. The van der Waals surface area contributed by atoms with E-state index in [0.717, 1.165) is 5.69 Å². The summed E-state index contributed by atoms with van der Waals surface area (Å²) >= 11 is 6.09. The summed E-state index contributed by atoms with van der Waals surface area (Å²) in [6, 6.07) is 15.0. The Morgan fingerprint density at radius 2 is 1.88 bits per heavy atom. The van der Waals surface area contributed by atoms with Crippen LogP contribution in [0.2, 0.25) is 5.02 Å². The van der Waals surface area contributed by atoms with Gasteiger partial charge in [-0.3, -0.25) is 14.5 Å². The molecule has 164 valence electrons. The average Bonchev–Trinajstić information content (AvgIpc) is 3.29. The first-order chi connectivity index (χ1) is 15.6. The number of carbonyl (C=O) groups excluding carboxylic acids is 2. The molecular formula is C23H21ClN4O4. The van der Waals surface area contributed by atoms with Gasteiger partial charge >= 0.3 is 0 Å². The fraction of sp³-hybridized carbons (Fsp3) is 0.261. The van der Waals surface area contributed by atoms with Crippen LogP contribution < -0.4 is 14.5 Å². The van der Waals surface area contributed by atoms with Crippen molar-refractivity contribution >= 4 is 34.8 Å². The van der Waals surface area contributed by atoms with Crippen LogP contribution in [0.1, 0.15) is 16.4 Å². The molecule has 0 bridgehead atoms. The first-order valence-corrected chi connectivity index (χ1v) is 10.7. The van der Waals surface area contributed by atoms with Gasteiger partial charge in [0.25, 0.3) is 11.8 Å². The number of halogens is 1. The molecule has 1 aromatic heterocycles. The maximum atomic E-state index is 12.9. The topological polar surface area (TPSA) is 79.1 Å². The number of anilines is 2. The van der Waals surface area contributed by atoms with Crippen molar-refractivity contribution in [2.45, 2.75) is 6.54 Å². The van der Waals surface area contributed by atoms with Gasteiger partial charge < -0.3 is 19.0 Å². The summed E-state index contributed by atoms with van der Waals surface area (Å²) in [6.07, 6.45) is 1.36. The van der Waals surface area contributed by atoms with Crippen molar-refractivity contribution in [2.75, 3.05) is 42.6 Å². The number of oxazole rings is 1. The smallest absolute Gasteiger partial charge is 0.275 e. The third kappa shape index (κ3) is 4.01. The van der Waals surface area contributed by atoms with Gasteiger partial charge in [-0.05, 0) is 30.3 Å². The van der Waals surface area contributed by atoms with Gasteiger partial charge in [0, 0.05) is 36.9 Å². The lowest BCUT2D eigenvalue weighted by Crippen LogP contribution is -2.48. The maximum Gasteiger partial charge on any atom is 0.275 e. The van der Waals surface area contributed by atoms with E-state index in [4.69, 9.17) is 20.8 Å². The summed E-state index contributed by atoms with van der Waals surface area (Å²) in [5.41, 5.74) is 1.95. The number of ether oxygens (including phenoxy) is 1. The zero-order valence-corrected chi connectivity index (χ0v) is 18.0. The second kappa shape index (κ2) is 8.55. The SMILES string of the molecule is O=C(c1coc(CN2C(=O)COc3ccccc32)n1)N1CCN(c2cccc(Cl)c2)CC1. The van der Waals surface area contributed by atoms with Crippen LogP contribution in [0.4, 0.5) is 11.4 Å². The number of piperazine rings is 1. The fourth-order valence-corrected chi connectivity index (χ4v) is 4.13. The van der Waals surface area contributed by atoms with Gasteiger partial charge in [-0.15, -0.1) is 0 Å². The molecule has 0 radical (unpaired) electrons. The second-order valence-electron chi connectivity index (χ2n) is 7.62. The van der Waals surface area contributed by atoms with Crippen molar-refractivity contribution in [1.29, 1.82) is 0 Å². The monoisotopic (exact) mass is 452 g/mol. The molecule has 0 N–H and O–H groups in total. The minimum Gasteiger partial charge on any atom is -0.482 e. The van der Waals surface area contributed by atoms with Crippen LogP contribution in [0, 0.1) is 0 Å². The summed E-state index contributed by atoms with van der Waals surface area (Å²) < 4.78 is 11.0. The highest BCUT2D eigenvalue weighted by Gasteiger charge is 2.28. The minimum absolute atomic E-state index is 0.0413. The van der Waals surface area contributed by atoms with Gasteiger partial charge in [0.15, 0.2) is 12.3 Å². The number of fused-ring (bicyclic) bond motifs is 1. The first-order valence-electron chi connectivity index (χ1n) is 10.3. The van der Waals surface area contributed by atoms with Crippen molar-refractivity contribution in [3.05, 3.63) is 71.4 Å². The van der Waals surface area contributed by atoms with E-state index in [9.17, 15) is 9.59 Å². The quantitative estimate of drug-likeness (QED) is 0.604. The molecule has 0 spiro atoms. The molecule has 1 fully saturated rings. The zero-order valence-electron chi connectivity index (χ0n) is 17.2. The molecule has 0 aliphatic carbocycles. The molecule has 2 aliphatic heterocycles. The molecule has 0 atom stereocenters. The Balaban J connectivity index is 1.24. The normalized spacial score (nSPS) is 16.0. The number of nitrogens with zero attached hydrogens (tertiary/aromatic N) is 4. The van der Waals surface area contributed by atoms with Crippen LogP contribution in [0.25, 0.3) is 0 Å². The van der Waals surface area contributed by atoms with Crippen molar-refractivity contribution in [1.82, 2.24) is 9.88 Å². The molecule has 9 heteroatoms. The van der Waals surface area contributed by atoms with Crippen molar-refractivity contribution in [2.24, 2.45) is 0 Å². The standard InChI is InChI=1S/C23H21ClN4O4/c24-16-4-3-5-17(12-16)26-8-10-27(11-9-26)23(30)18-14-32-21(25-18)13-28-19-6-1-2-7-20(19)31-15-22(28)29/h1-7,12,14H,8-11,13,15H2. The van der Waals surface area contributed by atoms with E-state index in [1.807, 2.05) is 42.5 Å². The van der Waals surface area contributed by atoms with Crippen molar-refractivity contribution < 1.29 is 18.7 Å². The number of amides is 2. The number of hydrogen-bond donors (Lipinski definition) is 0. The number of aromatic nitrogens is 1. The van der Waals surface area contributed by atoms with Crippen molar-refractivity contribution in [3.63, 3.8) is 0 Å². The first kappa shape index (κ1) is 20.4. The summed E-state index contributed by atoms with van der Waals surface area (Å²) in [5, 5.41) is 0.692. The van der Waals surface area contributed by atoms with E-state index in [0.29, 0.717) is 48.5 Å². The predicted molar refractivity (Wildman–Crippen MR) is 119 cm³/mol. The van der Waals surface area contributed by atoms with Gasteiger partial charge in [-0.2, -0.15) is 0 Å². The number of para-hydroxylation sites is 2. The predicted octanol–water partition coefficient (Wildman–Crippen LogP) is 3.22. The van der Waals surface area contributed by atoms with Crippen LogP contribution in [-0.2, 0) is 11.3 Å². The van der Waals surface area contributed by atoms with Crippen molar-refractivity contribution in [3.8, 4) is 5.75 Å². The van der Waals surface area contributed by atoms with Crippen LogP contribution in [-0.4, -0.2) is 54.5 Å². The second-order valence-corrected chi connectivity index (χ2v) is 8.06. The Bertz CT molecular complexity index is 1160. The van der Waals surface area contributed by atoms with E-state index >= 15 is 0 Å². The van der Waals surface area contributed by atoms with Gasteiger partial charge in [-0.25, -0.2) is 4.98 Å². The Morgan fingerprint density at radius 1 is 1.06 bits per heavy atom. The van der Waals surface area contributed by atoms with Gasteiger partial charge in [0.2, 0.25) is 5.89 Å². The van der Waals surface area contributed by atoms with Crippen LogP contribution in [0.15, 0.2) is 59.2 Å². The molecule has 2 aromatic carbocycles. The summed E-state index contributed by atoms with van der Waals surface area (Å²) in [4.78, 5) is 35.2. The average molecular weight is 453 g/mol. The summed E-state index contributed by atoms with van der Waals surface area (Å²) in [7, 11) is 0. The highest BCUT2D eigenvalue weighted by molar-refractivity contribution is 6.30. The summed E-state index contributed by atoms with van der Waals surface area (Å²) in [6.45, 7) is 2.65. The number of hydrogen-bond acceptors (Lipinski definition) is 6. The molecule has 5 rings (SSSR count). The Labute approximate surface area is 189 Å².